The van der Waals surface area contributed by atoms with Crippen LogP contribution in [0.5, 0.6) is 0 Å². The van der Waals surface area contributed by atoms with E-state index < -0.39 is 11.5 Å². The predicted octanol–water partition coefficient (Wildman–Crippen LogP) is 1.09. The Bertz CT molecular complexity index is 376. The topological polar surface area (TPSA) is 81.1 Å². The van der Waals surface area contributed by atoms with Gasteiger partial charge in [-0.25, -0.2) is 4.98 Å². The summed E-state index contributed by atoms with van der Waals surface area (Å²) in [6.07, 6.45) is 3.97. The quantitative estimate of drug-likeness (QED) is 0.757. The Kier molecular flexibility index (Phi) is 3.98. The Hall–Kier alpha value is -1.01. The lowest BCUT2D eigenvalue weighted by molar-refractivity contribution is -0.142. The van der Waals surface area contributed by atoms with E-state index in [0.717, 1.165) is 5.16 Å². The van der Waals surface area contributed by atoms with Crippen molar-refractivity contribution in [3.05, 3.63) is 12.4 Å². The van der Waals surface area contributed by atoms with Crippen LogP contribution in [0.15, 0.2) is 17.6 Å². The molecule has 6 heteroatoms. The van der Waals surface area contributed by atoms with Crippen LogP contribution in [0.3, 0.4) is 0 Å². The van der Waals surface area contributed by atoms with Crippen molar-refractivity contribution in [1.82, 2.24) is 9.55 Å². The third-order valence-corrected chi connectivity index (χ3v) is 3.46. The molecule has 0 radical (unpaired) electrons. The molecule has 0 spiro atoms. The number of carboxylic acids is 1. The number of thioether (sulfide) groups is 1. The van der Waals surface area contributed by atoms with Crippen molar-refractivity contribution in [3.63, 3.8) is 0 Å². The van der Waals surface area contributed by atoms with Gasteiger partial charge in [0.15, 0.2) is 5.16 Å². The maximum atomic E-state index is 10.9. The molecule has 1 heterocycles. The molecule has 0 bridgehead atoms. The molecule has 1 aromatic rings. The number of hydrogen-bond donors (Lipinski definition) is 2. The van der Waals surface area contributed by atoms with E-state index in [1.165, 1.54) is 18.7 Å². The molecule has 0 saturated heterocycles. The van der Waals surface area contributed by atoms with Gasteiger partial charge in [0.1, 0.15) is 5.54 Å². The zero-order valence-electron chi connectivity index (χ0n) is 9.67. The molecule has 1 rings (SSSR count). The highest BCUT2D eigenvalue weighted by Gasteiger charge is 2.30. The van der Waals surface area contributed by atoms with Crippen LogP contribution >= 0.6 is 11.8 Å². The lowest BCUT2D eigenvalue weighted by atomic mass is 9.98. The highest BCUT2D eigenvalue weighted by molar-refractivity contribution is 7.99. The van der Waals surface area contributed by atoms with Crippen molar-refractivity contribution in [1.29, 1.82) is 0 Å². The first-order chi connectivity index (χ1) is 7.33. The molecular weight excluding hydrogens is 226 g/mol. The van der Waals surface area contributed by atoms with Crippen LogP contribution in [0.25, 0.3) is 0 Å². The third kappa shape index (κ3) is 3.24. The molecule has 1 aromatic heterocycles. The number of imidazole rings is 1. The lowest BCUT2D eigenvalue weighted by Gasteiger charge is -2.22. The second-order valence-electron chi connectivity index (χ2n) is 4.18. The second-order valence-corrected chi connectivity index (χ2v) is 5.58. The summed E-state index contributed by atoms with van der Waals surface area (Å²) in [5.41, 5.74) is 4.50. The van der Waals surface area contributed by atoms with Crippen LogP contribution in [-0.4, -0.2) is 31.4 Å². The zero-order valence-corrected chi connectivity index (χ0v) is 10.5. The van der Waals surface area contributed by atoms with E-state index in [1.54, 1.807) is 6.20 Å². The summed E-state index contributed by atoms with van der Waals surface area (Å²) < 4.78 is 1.90. The summed E-state index contributed by atoms with van der Waals surface area (Å²) >= 11 is 1.53. The molecule has 16 heavy (non-hydrogen) atoms. The molecule has 0 fully saturated rings. The van der Waals surface area contributed by atoms with Crippen molar-refractivity contribution in [2.45, 2.75) is 36.2 Å². The SMILES string of the molecule is CC(CC(C)(N)C(=O)O)Sc1nccn1C. The van der Waals surface area contributed by atoms with Crippen LogP contribution < -0.4 is 5.73 Å². The van der Waals surface area contributed by atoms with Crippen LogP contribution in [0.2, 0.25) is 0 Å². The van der Waals surface area contributed by atoms with Gasteiger partial charge < -0.3 is 15.4 Å². The summed E-state index contributed by atoms with van der Waals surface area (Å²) in [5.74, 6) is -0.972. The van der Waals surface area contributed by atoms with E-state index in [2.05, 4.69) is 4.98 Å². The first-order valence-electron chi connectivity index (χ1n) is 4.99. The minimum Gasteiger partial charge on any atom is -0.480 e. The maximum Gasteiger partial charge on any atom is 0.323 e. The van der Waals surface area contributed by atoms with Gasteiger partial charge >= 0.3 is 5.97 Å². The van der Waals surface area contributed by atoms with E-state index in [0.29, 0.717) is 6.42 Å². The summed E-state index contributed by atoms with van der Waals surface area (Å²) in [7, 11) is 1.90. The maximum absolute atomic E-state index is 10.9. The monoisotopic (exact) mass is 243 g/mol. The molecule has 90 valence electrons. The van der Waals surface area contributed by atoms with Gasteiger partial charge in [0.25, 0.3) is 0 Å². The van der Waals surface area contributed by atoms with Gasteiger partial charge in [0, 0.05) is 24.7 Å². The predicted molar refractivity (Wildman–Crippen MR) is 63.4 cm³/mol. The van der Waals surface area contributed by atoms with Crippen molar-refractivity contribution in [2.24, 2.45) is 12.8 Å². The standard InChI is InChI=1S/C10H17N3O2S/c1-7(6-10(2,11)8(14)15)16-9-12-4-5-13(9)3/h4-5,7H,6,11H2,1-3H3,(H,14,15). The molecule has 0 aromatic carbocycles. The fourth-order valence-corrected chi connectivity index (χ4v) is 2.51. The van der Waals surface area contributed by atoms with Gasteiger partial charge in [-0.2, -0.15) is 0 Å². The highest BCUT2D eigenvalue weighted by atomic mass is 32.2. The Morgan fingerprint density at radius 3 is 2.88 bits per heavy atom. The fourth-order valence-electron chi connectivity index (χ4n) is 1.37. The third-order valence-electron chi connectivity index (χ3n) is 2.28. The number of carboxylic acid groups (broad SMARTS) is 1. The number of aromatic nitrogens is 2. The van der Waals surface area contributed by atoms with Gasteiger partial charge in [0.2, 0.25) is 0 Å². The Morgan fingerprint density at radius 2 is 2.44 bits per heavy atom. The zero-order chi connectivity index (χ0) is 12.3. The normalized spacial score (nSPS) is 16.8. The molecule has 3 N–H and O–H groups in total. The molecular formula is C10H17N3O2S. The highest BCUT2D eigenvalue weighted by Crippen LogP contribution is 2.26. The average molecular weight is 243 g/mol. The van der Waals surface area contributed by atoms with E-state index in [1.807, 2.05) is 24.7 Å². The number of aryl methyl sites for hydroxylation is 1. The lowest BCUT2D eigenvalue weighted by Crippen LogP contribution is -2.46. The van der Waals surface area contributed by atoms with Crippen LogP contribution in [-0.2, 0) is 11.8 Å². The number of aliphatic carboxylic acids is 1. The van der Waals surface area contributed by atoms with E-state index >= 15 is 0 Å². The molecule has 2 atom stereocenters. The van der Waals surface area contributed by atoms with E-state index in [-0.39, 0.29) is 5.25 Å². The first-order valence-corrected chi connectivity index (χ1v) is 5.87. The Balaban J connectivity index is 2.58. The van der Waals surface area contributed by atoms with Gasteiger partial charge in [-0.3, -0.25) is 4.79 Å². The summed E-state index contributed by atoms with van der Waals surface area (Å²) in [4.78, 5) is 15.0. The second kappa shape index (κ2) is 4.88. The van der Waals surface area contributed by atoms with Crippen molar-refractivity contribution < 1.29 is 9.90 Å². The van der Waals surface area contributed by atoms with Crippen molar-refractivity contribution >= 4 is 17.7 Å². The number of hydrogen-bond acceptors (Lipinski definition) is 4. The molecule has 0 aliphatic heterocycles. The molecule has 5 nitrogen and oxygen atoms in total. The fraction of sp³-hybridized carbons (Fsp3) is 0.600. The van der Waals surface area contributed by atoms with Gasteiger partial charge in [-0.15, -0.1) is 0 Å². The van der Waals surface area contributed by atoms with Gasteiger partial charge in [0.05, 0.1) is 0 Å². The summed E-state index contributed by atoms with van der Waals surface area (Å²) in [5, 5.41) is 9.89. The molecule has 0 aliphatic carbocycles. The minimum atomic E-state index is -1.18. The van der Waals surface area contributed by atoms with Gasteiger partial charge in [-0.05, 0) is 13.3 Å². The number of nitrogens with zero attached hydrogens (tertiary/aromatic N) is 2. The van der Waals surface area contributed by atoms with Crippen molar-refractivity contribution in [2.75, 3.05) is 0 Å². The summed E-state index contributed by atoms with van der Waals surface area (Å²) in [6, 6.07) is 0. The van der Waals surface area contributed by atoms with E-state index in [4.69, 9.17) is 10.8 Å². The number of rotatable bonds is 5. The average Bonchev–Trinajstić information content (AvgIpc) is 2.50. The Labute approximate surface area is 99.0 Å². The van der Waals surface area contributed by atoms with Gasteiger partial charge in [-0.1, -0.05) is 18.7 Å². The molecule has 2 unspecified atom stereocenters. The number of nitrogens with two attached hydrogens (primary N) is 1. The first kappa shape index (κ1) is 13.1. The van der Waals surface area contributed by atoms with Crippen molar-refractivity contribution in [3.8, 4) is 0 Å². The number of carbonyl (C=O) groups is 1. The smallest absolute Gasteiger partial charge is 0.323 e. The molecule has 0 aliphatic rings. The largest absolute Gasteiger partial charge is 0.480 e. The van der Waals surface area contributed by atoms with E-state index in [9.17, 15) is 4.79 Å². The summed E-state index contributed by atoms with van der Waals surface area (Å²) in [6.45, 7) is 3.48. The Morgan fingerprint density at radius 1 is 1.81 bits per heavy atom. The van der Waals surface area contributed by atoms with Crippen LogP contribution in [0, 0.1) is 0 Å². The molecule has 0 amide bonds. The van der Waals surface area contributed by atoms with Crippen LogP contribution in [0.1, 0.15) is 20.3 Å². The molecule has 0 saturated carbocycles. The van der Waals surface area contributed by atoms with Crippen LogP contribution in [0.4, 0.5) is 0 Å². The minimum absolute atomic E-state index is 0.104.